The molecular formula is C16H19FN2. The highest BCUT2D eigenvalue weighted by atomic mass is 19.1. The molecule has 0 fully saturated rings. The van der Waals surface area contributed by atoms with E-state index in [1.807, 2.05) is 25.1 Å². The van der Waals surface area contributed by atoms with Crippen LogP contribution in [-0.2, 0) is 6.54 Å². The van der Waals surface area contributed by atoms with E-state index < -0.39 is 0 Å². The van der Waals surface area contributed by atoms with Crippen molar-refractivity contribution in [2.24, 2.45) is 0 Å². The first-order valence-corrected chi connectivity index (χ1v) is 6.47. The molecule has 0 atom stereocenters. The molecule has 19 heavy (non-hydrogen) atoms. The van der Waals surface area contributed by atoms with E-state index in [1.54, 1.807) is 6.07 Å². The number of nitrogens with zero attached hydrogens (tertiary/aromatic N) is 1. The van der Waals surface area contributed by atoms with Crippen LogP contribution in [-0.4, -0.2) is 6.54 Å². The third kappa shape index (κ3) is 2.87. The Balaban J connectivity index is 2.31. The highest BCUT2D eigenvalue weighted by Gasteiger charge is 2.12. The minimum absolute atomic E-state index is 0.220. The van der Waals surface area contributed by atoms with Gasteiger partial charge in [-0.05, 0) is 37.1 Å². The summed E-state index contributed by atoms with van der Waals surface area (Å²) in [5.74, 6) is -0.360. The van der Waals surface area contributed by atoms with E-state index >= 15 is 0 Å². The van der Waals surface area contributed by atoms with Crippen molar-refractivity contribution in [1.82, 2.24) is 0 Å². The predicted octanol–water partition coefficient (Wildman–Crippen LogP) is 3.74. The van der Waals surface area contributed by atoms with E-state index in [0.29, 0.717) is 0 Å². The molecule has 2 N–H and O–H groups in total. The summed E-state index contributed by atoms with van der Waals surface area (Å²) in [7, 11) is 0. The molecule has 0 bridgehead atoms. The van der Waals surface area contributed by atoms with Crippen molar-refractivity contribution in [2.45, 2.75) is 20.4 Å². The Morgan fingerprint density at radius 3 is 2.53 bits per heavy atom. The minimum Gasteiger partial charge on any atom is -0.395 e. The smallest absolute Gasteiger partial charge is 0.148 e. The molecule has 0 amide bonds. The van der Waals surface area contributed by atoms with Crippen molar-refractivity contribution < 1.29 is 4.39 Å². The number of nitrogen functional groups attached to an aromatic ring is 1. The van der Waals surface area contributed by atoms with Crippen molar-refractivity contribution in [3.63, 3.8) is 0 Å². The highest BCUT2D eigenvalue weighted by Crippen LogP contribution is 2.27. The van der Waals surface area contributed by atoms with Crippen LogP contribution in [0.1, 0.15) is 18.1 Å². The van der Waals surface area contributed by atoms with Crippen LogP contribution in [0.2, 0.25) is 0 Å². The Morgan fingerprint density at radius 2 is 1.84 bits per heavy atom. The van der Waals surface area contributed by atoms with Crippen LogP contribution in [0.25, 0.3) is 0 Å². The van der Waals surface area contributed by atoms with Crippen molar-refractivity contribution in [2.75, 3.05) is 17.2 Å². The van der Waals surface area contributed by atoms with Crippen LogP contribution in [0.15, 0.2) is 42.5 Å². The standard InChI is InChI=1S/C16H19FN2/c1-3-19(11-13-8-5-4-7-12(13)2)15-10-6-9-14(17)16(15)18/h4-10H,3,11,18H2,1-2H3. The van der Waals surface area contributed by atoms with Crippen LogP contribution in [0, 0.1) is 12.7 Å². The fourth-order valence-electron chi connectivity index (χ4n) is 2.16. The number of halogens is 1. The van der Waals surface area contributed by atoms with E-state index in [-0.39, 0.29) is 11.5 Å². The monoisotopic (exact) mass is 258 g/mol. The third-order valence-corrected chi connectivity index (χ3v) is 3.37. The molecule has 0 aliphatic rings. The lowest BCUT2D eigenvalue weighted by molar-refractivity contribution is 0.631. The van der Waals surface area contributed by atoms with E-state index in [4.69, 9.17) is 5.73 Å². The molecule has 0 saturated carbocycles. The Bertz CT molecular complexity index is 566. The molecule has 2 aromatic carbocycles. The van der Waals surface area contributed by atoms with Gasteiger partial charge < -0.3 is 10.6 Å². The lowest BCUT2D eigenvalue weighted by Crippen LogP contribution is -2.23. The predicted molar refractivity (Wildman–Crippen MR) is 78.7 cm³/mol. The van der Waals surface area contributed by atoms with Gasteiger partial charge in [-0.15, -0.1) is 0 Å². The van der Waals surface area contributed by atoms with Crippen LogP contribution in [0.5, 0.6) is 0 Å². The molecule has 0 saturated heterocycles. The number of aryl methyl sites for hydroxylation is 1. The van der Waals surface area contributed by atoms with Crippen molar-refractivity contribution in [3.05, 3.63) is 59.4 Å². The van der Waals surface area contributed by atoms with E-state index in [1.165, 1.54) is 17.2 Å². The van der Waals surface area contributed by atoms with Gasteiger partial charge >= 0.3 is 0 Å². The topological polar surface area (TPSA) is 29.3 Å². The van der Waals surface area contributed by atoms with Gasteiger partial charge in [-0.25, -0.2) is 4.39 Å². The first-order valence-electron chi connectivity index (χ1n) is 6.47. The molecule has 0 unspecified atom stereocenters. The second-order valence-electron chi connectivity index (χ2n) is 4.61. The summed E-state index contributed by atoms with van der Waals surface area (Å²) in [6.07, 6.45) is 0. The summed E-state index contributed by atoms with van der Waals surface area (Å²) in [5.41, 5.74) is 9.27. The second-order valence-corrected chi connectivity index (χ2v) is 4.61. The average molecular weight is 258 g/mol. The summed E-state index contributed by atoms with van der Waals surface area (Å²) < 4.78 is 13.5. The molecule has 100 valence electrons. The molecule has 0 heterocycles. The van der Waals surface area contributed by atoms with Gasteiger partial charge in [0.05, 0.1) is 11.4 Å². The quantitative estimate of drug-likeness (QED) is 0.846. The molecule has 0 aliphatic carbocycles. The van der Waals surface area contributed by atoms with Gasteiger partial charge in [0.15, 0.2) is 0 Å². The van der Waals surface area contributed by atoms with Crippen molar-refractivity contribution in [1.29, 1.82) is 0 Å². The Labute approximate surface area is 113 Å². The normalized spacial score (nSPS) is 10.5. The SMILES string of the molecule is CCN(Cc1ccccc1C)c1cccc(F)c1N. The fraction of sp³-hybridized carbons (Fsp3) is 0.250. The largest absolute Gasteiger partial charge is 0.395 e. The Morgan fingerprint density at radius 1 is 1.11 bits per heavy atom. The molecule has 0 aliphatic heterocycles. The fourth-order valence-corrected chi connectivity index (χ4v) is 2.16. The third-order valence-electron chi connectivity index (χ3n) is 3.37. The van der Waals surface area contributed by atoms with Gasteiger partial charge in [0.2, 0.25) is 0 Å². The number of para-hydroxylation sites is 1. The van der Waals surface area contributed by atoms with Gasteiger partial charge in [-0.1, -0.05) is 30.3 Å². The zero-order valence-electron chi connectivity index (χ0n) is 11.4. The zero-order chi connectivity index (χ0) is 13.8. The van der Waals surface area contributed by atoms with Gasteiger partial charge in [0.25, 0.3) is 0 Å². The number of hydrogen-bond acceptors (Lipinski definition) is 2. The average Bonchev–Trinajstić information content (AvgIpc) is 2.41. The molecule has 0 spiro atoms. The van der Waals surface area contributed by atoms with Gasteiger partial charge in [-0.2, -0.15) is 0 Å². The van der Waals surface area contributed by atoms with Crippen molar-refractivity contribution in [3.8, 4) is 0 Å². The Kier molecular flexibility index (Phi) is 4.05. The lowest BCUT2D eigenvalue weighted by Gasteiger charge is -2.25. The molecule has 2 nitrogen and oxygen atoms in total. The minimum atomic E-state index is -0.360. The van der Waals surface area contributed by atoms with Gasteiger partial charge in [0.1, 0.15) is 5.82 Å². The molecule has 0 aromatic heterocycles. The van der Waals surface area contributed by atoms with E-state index in [2.05, 4.69) is 24.0 Å². The number of hydrogen-bond donors (Lipinski definition) is 1. The van der Waals surface area contributed by atoms with Crippen LogP contribution in [0.4, 0.5) is 15.8 Å². The van der Waals surface area contributed by atoms with Crippen LogP contribution < -0.4 is 10.6 Å². The van der Waals surface area contributed by atoms with Gasteiger partial charge in [0, 0.05) is 13.1 Å². The molecule has 3 heteroatoms. The summed E-state index contributed by atoms with van der Waals surface area (Å²) >= 11 is 0. The summed E-state index contributed by atoms with van der Waals surface area (Å²) in [6.45, 7) is 5.64. The lowest BCUT2D eigenvalue weighted by atomic mass is 10.1. The summed E-state index contributed by atoms with van der Waals surface area (Å²) in [4.78, 5) is 2.08. The second kappa shape index (κ2) is 5.74. The molecular weight excluding hydrogens is 239 g/mol. The first-order chi connectivity index (χ1) is 9.13. The maximum atomic E-state index is 13.5. The molecule has 0 radical (unpaired) electrons. The number of nitrogens with two attached hydrogens (primary N) is 1. The number of anilines is 2. The van der Waals surface area contributed by atoms with Crippen molar-refractivity contribution >= 4 is 11.4 Å². The van der Waals surface area contributed by atoms with E-state index in [9.17, 15) is 4.39 Å². The Hall–Kier alpha value is -2.03. The summed E-state index contributed by atoms with van der Waals surface area (Å²) in [5, 5.41) is 0. The maximum Gasteiger partial charge on any atom is 0.148 e. The van der Waals surface area contributed by atoms with Gasteiger partial charge in [-0.3, -0.25) is 0 Å². The molecule has 2 aromatic rings. The molecule has 2 rings (SSSR count). The van der Waals surface area contributed by atoms with E-state index in [0.717, 1.165) is 18.8 Å². The number of rotatable bonds is 4. The first kappa shape index (κ1) is 13.4. The van der Waals surface area contributed by atoms with Crippen LogP contribution in [0.3, 0.4) is 0 Å². The number of benzene rings is 2. The highest BCUT2D eigenvalue weighted by molar-refractivity contribution is 5.68. The van der Waals surface area contributed by atoms with Crippen LogP contribution >= 0.6 is 0 Å². The summed E-state index contributed by atoms with van der Waals surface area (Å²) in [6, 6.07) is 13.2. The maximum absolute atomic E-state index is 13.5. The zero-order valence-corrected chi connectivity index (χ0v) is 11.4.